The topological polar surface area (TPSA) is 55.6 Å². The first kappa shape index (κ1) is 12.5. The molecule has 0 aromatic carbocycles. The number of hydrogen-bond donors (Lipinski definition) is 1. The molecule has 0 radical (unpaired) electrons. The average Bonchev–Trinajstić information content (AvgIpc) is 2.16. The SMILES string of the molecule is CC(C)(C)C(=O)N1CCCC(CON)C1. The zero-order valence-corrected chi connectivity index (χ0v) is 9.95. The maximum Gasteiger partial charge on any atom is 0.227 e. The van der Waals surface area contributed by atoms with Crippen LogP contribution in [0.4, 0.5) is 0 Å². The van der Waals surface area contributed by atoms with E-state index in [9.17, 15) is 4.79 Å². The highest BCUT2D eigenvalue weighted by molar-refractivity contribution is 5.81. The van der Waals surface area contributed by atoms with Crippen LogP contribution in [0.15, 0.2) is 0 Å². The highest BCUT2D eigenvalue weighted by atomic mass is 16.6. The Balaban J connectivity index is 2.52. The number of hydrogen-bond acceptors (Lipinski definition) is 3. The first-order valence-corrected chi connectivity index (χ1v) is 5.56. The largest absolute Gasteiger partial charge is 0.342 e. The molecule has 1 heterocycles. The number of nitrogens with zero attached hydrogens (tertiary/aromatic N) is 1. The molecule has 0 aliphatic carbocycles. The Morgan fingerprint density at radius 2 is 2.20 bits per heavy atom. The molecule has 1 fully saturated rings. The van der Waals surface area contributed by atoms with Gasteiger partial charge in [-0.3, -0.25) is 4.79 Å². The van der Waals surface area contributed by atoms with Crippen molar-refractivity contribution in [1.82, 2.24) is 4.90 Å². The summed E-state index contributed by atoms with van der Waals surface area (Å²) in [4.78, 5) is 18.6. The van der Waals surface area contributed by atoms with Crippen LogP contribution in [0.25, 0.3) is 0 Å². The normalized spacial score (nSPS) is 22.9. The molecular weight excluding hydrogens is 192 g/mol. The maximum atomic E-state index is 12.0. The molecule has 4 heteroatoms. The highest BCUT2D eigenvalue weighted by Crippen LogP contribution is 2.23. The fraction of sp³-hybridized carbons (Fsp3) is 0.909. The molecule has 1 atom stereocenters. The number of piperidine rings is 1. The number of carbonyl (C=O) groups excluding carboxylic acids is 1. The van der Waals surface area contributed by atoms with Gasteiger partial charge in [-0.25, -0.2) is 5.90 Å². The second-order valence-electron chi connectivity index (χ2n) is 5.34. The molecule has 15 heavy (non-hydrogen) atoms. The standard InChI is InChI=1S/C11H22N2O2/c1-11(2,3)10(14)13-6-4-5-9(7-13)8-15-12/h9H,4-8,12H2,1-3H3. The molecule has 1 unspecified atom stereocenters. The van der Waals surface area contributed by atoms with Crippen molar-refractivity contribution in [3.05, 3.63) is 0 Å². The van der Waals surface area contributed by atoms with E-state index in [0.29, 0.717) is 12.5 Å². The van der Waals surface area contributed by atoms with Gasteiger partial charge in [0.05, 0.1) is 6.61 Å². The van der Waals surface area contributed by atoms with Gasteiger partial charge in [0.15, 0.2) is 0 Å². The monoisotopic (exact) mass is 214 g/mol. The summed E-state index contributed by atoms with van der Waals surface area (Å²) in [5.41, 5.74) is -0.286. The molecule has 0 aromatic rings. The molecular formula is C11H22N2O2. The van der Waals surface area contributed by atoms with E-state index >= 15 is 0 Å². The Morgan fingerprint density at radius 3 is 2.73 bits per heavy atom. The lowest BCUT2D eigenvalue weighted by atomic mass is 9.91. The van der Waals surface area contributed by atoms with Gasteiger partial charge in [0, 0.05) is 24.4 Å². The summed E-state index contributed by atoms with van der Waals surface area (Å²) in [7, 11) is 0. The van der Waals surface area contributed by atoms with Crippen LogP contribution in [0.3, 0.4) is 0 Å². The third-order valence-electron chi connectivity index (χ3n) is 2.78. The smallest absolute Gasteiger partial charge is 0.227 e. The molecule has 88 valence electrons. The predicted octanol–water partition coefficient (Wildman–Crippen LogP) is 1.16. The van der Waals surface area contributed by atoms with Gasteiger partial charge in [0.2, 0.25) is 5.91 Å². The van der Waals surface area contributed by atoms with Gasteiger partial charge in [-0.1, -0.05) is 20.8 Å². The van der Waals surface area contributed by atoms with Crippen molar-refractivity contribution < 1.29 is 9.63 Å². The summed E-state index contributed by atoms with van der Waals surface area (Å²) < 4.78 is 0. The molecule has 1 saturated heterocycles. The van der Waals surface area contributed by atoms with Gasteiger partial charge in [0.25, 0.3) is 0 Å². The fourth-order valence-corrected chi connectivity index (χ4v) is 2.00. The zero-order chi connectivity index (χ0) is 11.5. The third kappa shape index (κ3) is 3.47. The lowest BCUT2D eigenvalue weighted by Gasteiger charge is -2.36. The predicted molar refractivity (Wildman–Crippen MR) is 58.9 cm³/mol. The maximum absolute atomic E-state index is 12.0. The molecule has 2 N–H and O–H groups in total. The van der Waals surface area contributed by atoms with Crippen molar-refractivity contribution in [2.75, 3.05) is 19.7 Å². The minimum absolute atomic E-state index is 0.226. The van der Waals surface area contributed by atoms with Gasteiger partial charge < -0.3 is 9.74 Å². The number of carbonyl (C=O) groups is 1. The van der Waals surface area contributed by atoms with E-state index in [1.807, 2.05) is 25.7 Å². The van der Waals surface area contributed by atoms with Gasteiger partial charge in [-0.2, -0.15) is 0 Å². The van der Waals surface area contributed by atoms with Crippen molar-refractivity contribution in [2.24, 2.45) is 17.2 Å². The molecule has 1 aliphatic heterocycles. The quantitative estimate of drug-likeness (QED) is 0.702. The zero-order valence-electron chi connectivity index (χ0n) is 9.95. The van der Waals surface area contributed by atoms with Gasteiger partial charge in [0.1, 0.15) is 0 Å². The van der Waals surface area contributed by atoms with Gasteiger partial charge in [-0.15, -0.1) is 0 Å². The van der Waals surface area contributed by atoms with E-state index in [-0.39, 0.29) is 11.3 Å². The van der Waals surface area contributed by atoms with Crippen LogP contribution in [0.5, 0.6) is 0 Å². The van der Waals surface area contributed by atoms with Crippen LogP contribution in [0.1, 0.15) is 33.6 Å². The van der Waals surface area contributed by atoms with E-state index in [4.69, 9.17) is 5.90 Å². The molecule has 4 nitrogen and oxygen atoms in total. The molecule has 1 rings (SSSR count). The van der Waals surface area contributed by atoms with Crippen LogP contribution in [-0.4, -0.2) is 30.5 Å². The van der Waals surface area contributed by atoms with E-state index in [1.165, 1.54) is 0 Å². The Hall–Kier alpha value is -0.610. The Bertz CT molecular complexity index is 221. The minimum Gasteiger partial charge on any atom is -0.342 e. The molecule has 0 spiro atoms. The molecule has 0 bridgehead atoms. The van der Waals surface area contributed by atoms with Crippen molar-refractivity contribution >= 4 is 5.91 Å². The summed E-state index contributed by atoms with van der Waals surface area (Å²) in [6.07, 6.45) is 2.15. The second-order valence-corrected chi connectivity index (χ2v) is 5.34. The second kappa shape index (κ2) is 4.94. The van der Waals surface area contributed by atoms with Gasteiger partial charge in [-0.05, 0) is 12.8 Å². The number of rotatable bonds is 2. The first-order chi connectivity index (χ1) is 6.95. The Kier molecular flexibility index (Phi) is 4.11. The summed E-state index contributed by atoms with van der Waals surface area (Å²) >= 11 is 0. The van der Waals surface area contributed by atoms with Crippen LogP contribution in [0, 0.1) is 11.3 Å². The minimum atomic E-state index is -0.286. The van der Waals surface area contributed by atoms with Crippen molar-refractivity contribution in [3.8, 4) is 0 Å². The summed E-state index contributed by atoms with van der Waals surface area (Å²) in [6.45, 7) is 8.08. The van der Waals surface area contributed by atoms with E-state index in [0.717, 1.165) is 25.9 Å². The Labute approximate surface area is 91.7 Å². The molecule has 1 aliphatic rings. The van der Waals surface area contributed by atoms with Crippen molar-refractivity contribution in [3.63, 3.8) is 0 Å². The summed E-state index contributed by atoms with van der Waals surface area (Å²) in [5, 5.41) is 0. The first-order valence-electron chi connectivity index (χ1n) is 5.56. The Morgan fingerprint density at radius 1 is 1.53 bits per heavy atom. The van der Waals surface area contributed by atoms with Crippen LogP contribution >= 0.6 is 0 Å². The van der Waals surface area contributed by atoms with Crippen molar-refractivity contribution in [1.29, 1.82) is 0 Å². The summed E-state index contributed by atoms with van der Waals surface area (Å²) in [5.74, 6) is 5.69. The van der Waals surface area contributed by atoms with E-state index < -0.39 is 0 Å². The summed E-state index contributed by atoms with van der Waals surface area (Å²) in [6, 6.07) is 0. The van der Waals surface area contributed by atoms with Crippen LogP contribution < -0.4 is 5.90 Å². The van der Waals surface area contributed by atoms with Gasteiger partial charge >= 0.3 is 0 Å². The van der Waals surface area contributed by atoms with Crippen LogP contribution in [0.2, 0.25) is 0 Å². The van der Waals surface area contributed by atoms with E-state index in [2.05, 4.69) is 4.84 Å². The number of nitrogens with two attached hydrogens (primary N) is 1. The molecule has 0 aromatic heterocycles. The van der Waals surface area contributed by atoms with E-state index in [1.54, 1.807) is 0 Å². The third-order valence-corrected chi connectivity index (χ3v) is 2.78. The number of amides is 1. The lowest BCUT2D eigenvalue weighted by molar-refractivity contribution is -0.141. The lowest BCUT2D eigenvalue weighted by Crippen LogP contribution is -2.46. The van der Waals surface area contributed by atoms with Crippen molar-refractivity contribution in [2.45, 2.75) is 33.6 Å². The van der Waals surface area contributed by atoms with Crippen LogP contribution in [-0.2, 0) is 9.63 Å². The average molecular weight is 214 g/mol. The molecule has 1 amide bonds. The highest BCUT2D eigenvalue weighted by Gasteiger charge is 2.30. The number of likely N-dealkylation sites (tertiary alicyclic amines) is 1. The molecule has 0 saturated carbocycles. The fourth-order valence-electron chi connectivity index (χ4n) is 2.00.